The lowest BCUT2D eigenvalue weighted by Gasteiger charge is -2.26. The quantitative estimate of drug-likeness (QED) is 0.877. The molecule has 2 amide bonds. The fourth-order valence-electron chi connectivity index (χ4n) is 3.52. The second kappa shape index (κ2) is 8.29. The second-order valence-corrected chi connectivity index (χ2v) is 6.71. The molecule has 0 aromatic carbocycles. The van der Waals surface area contributed by atoms with Crippen LogP contribution in [0.1, 0.15) is 44.1 Å². The maximum Gasteiger partial charge on any atom is 0.317 e. The van der Waals surface area contributed by atoms with Gasteiger partial charge in [-0.25, -0.2) is 4.79 Å². The molecule has 1 aliphatic heterocycles. The average molecular weight is 317 g/mol. The van der Waals surface area contributed by atoms with Crippen LogP contribution in [0.5, 0.6) is 0 Å². The highest BCUT2D eigenvalue weighted by molar-refractivity contribution is 5.74. The van der Waals surface area contributed by atoms with Crippen molar-refractivity contribution in [1.82, 2.24) is 15.2 Å². The lowest BCUT2D eigenvalue weighted by molar-refractivity contribution is 0.0792. The molecule has 0 unspecified atom stereocenters. The third kappa shape index (κ3) is 4.93. The maximum atomic E-state index is 12.6. The summed E-state index contributed by atoms with van der Waals surface area (Å²) in [5.74, 6) is 0.655. The number of amides is 2. The second-order valence-electron chi connectivity index (χ2n) is 6.71. The van der Waals surface area contributed by atoms with Crippen LogP contribution in [-0.4, -0.2) is 41.7 Å². The number of carbonyl (C=O) groups excluding carboxylic acids is 1. The topological polar surface area (TPSA) is 54.5 Å². The van der Waals surface area contributed by atoms with Gasteiger partial charge in [0.05, 0.1) is 6.10 Å². The maximum absolute atomic E-state index is 12.6. The van der Waals surface area contributed by atoms with E-state index in [2.05, 4.69) is 10.3 Å². The third-order valence-electron chi connectivity index (χ3n) is 4.85. The first-order valence-corrected chi connectivity index (χ1v) is 8.84. The molecule has 126 valence electrons. The summed E-state index contributed by atoms with van der Waals surface area (Å²) in [7, 11) is 0. The first-order valence-electron chi connectivity index (χ1n) is 8.84. The molecule has 1 aromatic rings. The van der Waals surface area contributed by atoms with Gasteiger partial charge in [0.25, 0.3) is 0 Å². The number of hydrogen-bond acceptors (Lipinski definition) is 3. The molecule has 1 atom stereocenters. The molecule has 5 heteroatoms. The lowest BCUT2D eigenvalue weighted by Crippen LogP contribution is -2.44. The van der Waals surface area contributed by atoms with E-state index < -0.39 is 0 Å². The Bertz CT molecular complexity index is 482. The average Bonchev–Trinajstić information content (AvgIpc) is 3.26. The van der Waals surface area contributed by atoms with Crippen LogP contribution in [0, 0.1) is 5.92 Å². The molecule has 1 N–H and O–H groups in total. The van der Waals surface area contributed by atoms with E-state index >= 15 is 0 Å². The molecule has 1 saturated carbocycles. The van der Waals surface area contributed by atoms with E-state index in [-0.39, 0.29) is 12.1 Å². The molecule has 1 saturated heterocycles. The molecule has 3 rings (SSSR count). The van der Waals surface area contributed by atoms with E-state index in [4.69, 9.17) is 4.74 Å². The van der Waals surface area contributed by atoms with Crippen LogP contribution in [0.4, 0.5) is 4.79 Å². The normalized spacial score (nSPS) is 21.5. The number of carbonyl (C=O) groups is 1. The highest BCUT2D eigenvalue weighted by atomic mass is 16.5. The van der Waals surface area contributed by atoms with Crippen molar-refractivity contribution < 1.29 is 9.53 Å². The van der Waals surface area contributed by atoms with Crippen LogP contribution in [0.15, 0.2) is 24.5 Å². The van der Waals surface area contributed by atoms with E-state index in [1.54, 1.807) is 6.20 Å². The van der Waals surface area contributed by atoms with Gasteiger partial charge in [0, 0.05) is 38.6 Å². The summed E-state index contributed by atoms with van der Waals surface area (Å²) in [6.07, 6.45) is 11.0. The first-order chi connectivity index (χ1) is 11.3. The summed E-state index contributed by atoms with van der Waals surface area (Å²) >= 11 is 0. The van der Waals surface area contributed by atoms with Crippen molar-refractivity contribution in [3.05, 3.63) is 30.1 Å². The minimum atomic E-state index is 0.0243. The van der Waals surface area contributed by atoms with Crippen molar-refractivity contribution in [3.63, 3.8) is 0 Å². The summed E-state index contributed by atoms with van der Waals surface area (Å²) < 4.78 is 5.71. The van der Waals surface area contributed by atoms with Crippen LogP contribution in [0.3, 0.4) is 0 Å². The number of pyridine rings is 1. The Hall–Kier alpha value is -1.62. The predicted octanol–water partition coefficient (Wildman–Crippen LogP) is 2.96. The number of nitrogens with zero attached hydrogens (tertiary/aromatic N) is 2. The van der Waals surface area contributed by atoms with Gasteiger partial charge < -0.3 is 15.0 Å². The SMILES string of the molecule is O=C(NCC1CCCC1)N(Cc1cccnc1)C[C@H]1CCCO1. The molecule has 23 heavy (non-hydrogen) atoms. The number of nitrogens with one attached hydrogen (secondary N) is 1. The van der Waals surface area contributed by atoms with Gasteiger partial charge in [-0.3, -0.25) is 4.98 Å². The minimum Gasteiger partial charge on any atom is -0.376 e. The molecule has 2 fully saturated rings. The summed E-state index contributed by atoms with van der Waals surface area (Å²) in [5.41, 5.74) is 1.06. The van der Waals surface area contributed by atoms with Crippen LogP contribution in [0.25, 0.3) is 0 Å². The van der Waals surface area contributed by atoms with Gasteiger partial charge in [-0.1, -0.05) is 18.9 Å². The number of hydrogen-bond donors (Lipinski definition) is 1. The highest BCUT2D eigenvalue weighted by Crippen LogP contribution is 2.23. The van der Waals surface area contributed by atoms with Crippen LogP contribution < -0.4 is 5.32 Å². The molecular formula is C18H27N3O2. The van der Waals surface area contributed by atoms with Crippen LogP contribution in [-0.2, 0) is 11.3 Å². The summed E-state index contributed by atoms with van der Waals surface area (Å²) in [6, 6.07) is 3.95. The standard InChI is InChI=1S/C18H27N3O2/c22-18(20-12-15-5-1-2-6-15)21(14-17-8-4-10-23-17)13-16-7-3-9-19-11-16/h3,7,9,11,15,17H,1-2,4-6,8,10,12-14H2,(H,20,22)/t17-/m1/s1. The van der Waals surface area contributed by atoms with Crippen molar-refractivity contribution in [2.45, 2.75) is 51.2 Å². The number of urea groups is 1. The van der Waals surface area contributed by atoms with Gasteiger partial charge in [0.1, 0.15) is 0 Å². The molecule has 2 heterocycles. The van der Waals surface area contributed by atoms with Gasteiger partial charge in [-0.2, -0.15) is 0 Å². The first kappa shape index (κ1) is 16.2. The monoisotopic (exact) mass is 317 g/mol. The smallest absolute Gasteiger partial charge is 0.317 e. The largest absolute Gasteiger partial charge is 0.376 e. The number of aromatic nitrogens is 1. The Morgan fingerprint density at radius 3 is 2.87 bits per heavy atom. The van der Waals surface area contributed by atoms with E-state index in [1.807, 2.05) is 23.2 Å². The molecule has 1 aromatic heterocycles. The van der Waals surface area contributed by atoms with E-state index in [0.717, 1.165) is 31.6 Å². The molecule has 0 bridgehead atoms. The molecular weight excluding hydrogens is 290 g/mol. The van der Waals surface area contributed by atoms with Crippen LogP contribution >= 0.6 is 0 Å². The zero-order chi connectivity index (χ0) is 15.9. The van der Waals surface area contributed by atoms with Crippen molar-refractivity contribution >= 4 is 6.03 Å². The van der Waals surface area contributed by atoms with Crippen molar-refractivity contribution in [3.8, 4) is 0 Å². The molecule has 0 spiro atoms. The van der Waals surface area contributed by atoms with Gasteiger partial charge >= 0.3 is 6.03 Å². The number of rotatable bonds is 6. The molecule has 5 nitrogen and oxygen atoms in total. The molecule has 2 aliphatic rings. The van der Waals surface area contributed by atoms with E-state index in [9.17, 15) is 4.79 Å². The zero-order valence-electron chi connectivity index (χ0n) is 13.7. The van der Waals surface area contributed by atoms with Gasteiger partial charge in [-0.05, 0) is 43.2 Å². The third-order valence-corrected chi connectivity index (χ3v) is 4.85. The van der Waals surface area contributed by atoms with Gasteiger partial charge in [0.15, 0.2) is 0 Å². The van der Waals surface area contributed by atoms with E-state index in [0.29, 0.717) is 19.0 Å². The van der Waals surface area contributed by atoms with Gasteiger partial charge in [0.2, 0.25) is 0 Å². The Labute approximate surface area is 138 Å². The lowest BCUT2D eigenvalue weighted by atomic mass is 10.1. The molecule has 1 aliphatic carbocycles. The minimum absolute atomic E-state index is 0.0243. The van der Waals surface area contributed by atoms with Gasteiger partial charge in [-0.15, -0.1) is 0 Å². The van der Waals surface area contributed by atoms with E-state index in [1.165, 1.54) is 25.7 Å². The van der Waals surface area contributed by atoms with Crippen LogP contribution in [0.2, 0.25) is 0 Å². The van der Waals surface area contributed by atoms with Crippen molar-refractivity contribution in [2.24, 2.45) is 5.92 Å². The Morgan fingerprint density at radius 2 is 2.17 bits per heavy atom. The van der Waals surface area contributed by atoms with Crippen molar-refractivity contribution in [2.75, 3.05) is 19.7 Å². The number of ether oxygens (including phenoxy) is 1. The fraction of sp³-hybridized carbons (Fsp3) is 0.667. The fourth-order valence-corrected chi connectivity index (χ4v) is 3.52. The predicted molar refractivity (Wildman–Crippen MR) is 89.0 cm³/mol. The molecule has 0 radical (unpaired) electrons. The summed E-state index contributed by atoms with van der Waals surface area (Å²) in [5, 5.41) is 3.13. The van der Waals surface area contributed by atoms with Crippen molar-refractivity contribution in [1.29, 1.82) is 0 Å². The zero-order valence-corrected chi connectivity index (χ0v) is 13.7. The Kier molecular flexibility index (Phi) is 5.86. The summed E-state index contributed by atoms with van der Waals surface area (Å²) in [4.78, 5) is 18.7. The highest BCUT2D eigenvalue weighted by Gasteiger charge is 2.24. The Morgan fingerprint density at radius 1 is 1.30 bits per heavy atom. The Balaban J connectivity index is 1.57. The summed E-state index contributed by atoms with van der Waals surface area (Å²) in [6.45, 7) is 2.86.